The van der Waals surface area contributed by atoms with E-state index < -0.39 is 29.0 Å². The summed E-state index contributed by atoms with van der Waals surface area (Å²) < 4.78 is 41.1. The normalized spacial score (nSPS) is 19.4. The minimum Gasteiger partial charge on any atom is -0.323 e. The first-order valence-corrected chi connectivity index (χ1v) is 11.0. The Morgan fingerprint density at radius 2 is 1.79 bits per heavy atom. The lowest BCUT2D eigenvalue weighted by Crippen LogP contribution is -2.63. The summed E-state index contributed by atoms with van der Waals surface area (Å²) in [5.74, 6) is -0.213. The van der Waals surface area contributed by atoms with Crippen LogP contribution >= 0.6 is 12.2 Å². The molecule has 0 aromatic heterocycles. The molecule has 0 bridgehead atoms. The zero-order valence-corrected chi connectivity index (χ0v) is 19.3. The molecule has 1 saturated heterocycles. The van der Waals surface area contributed by atoms with Gasteiger partial charge in [-0.05, 0) is 68.7 Å². The molecular weight excluding hydrogens is 449 g/mol. The zero-order chi connectivity index (χ0) is 24.1. The Hall–Kier alpha value is -3.12. The van der Waals surface area contributed by atoms with Crippen LogP contribution in [0, 0.1) is 18.3 Å². The lowest BCUT2D eigenvalue weighted by atomic mass is 9.73. The molecule has 4 rings (SSSR count). The first kappa shape index (κ1) is 23.1. The molecular formula is C24H23F3N4OS. The van der Waals surface area contributed by atoms with Crippen LogP contribution in [0.15, 0.2) is 42.5 Å². The smallest absolute Gasteiger partial charge is 0.323 e. The molecule has 0 radical (unpaired) electrons. The first-order chi connectivity index (χ1) is 15.5. The molecule has 5 nitrogen and oxygen atoms in total. The zero-order valence-electron chi connectivity index (χ0n) is 18.5. The summed E-state index contributed by atoms with van der Waals surface area (Å²) in [7, 11) is 1.65. The number of aryl methyl sites for hydroxylation is 1. The Bertz CT molecular complexity index is 1150. The van der Waals surface area contributed by atoms with Crippen LogP contribution in [0.25, 0.3) is 0 Å². The van der Waals surface area contributed by atoms with E-state index in [0.717, 1.165) is 42.6 Å². The number of carbonyl (C=O) groups is 1. The number of hydrogen-bond acceptors (Lipinski definition) is 3. The Morgan fingerprint density at radius 3 is 2.27 bits per heavy atom. The molecule has 1 saturated carbocycles. The molecule has 1 aliphatic carbocycles. The van der Waals surface area contributed by atoms with Gasteiger partial charge in [0.15, 0.2) is 5.11 Å². The molecule has 2 aliphatic rings. The van der Waals surface area contributed by atoms with Gasteiger partial charge in [-0.15, -0.1) is 0 Å². The van der Waals surface area contributed by atoms with Crippen LogP contribution in [0.5, 0.6) is 0 Å². The van der Waals surface area contributed by atoms with Gasteiger partial charge < -0.3 is 9.80 Å². The van der Waals surface area contributed by atoms with Crippen LogP contribution in [0.4, 0.5) is 24.5 Å². The van der Waals surface area contributed by atoms with Crippen molar-refractivity contribution in [2.45, 2.75) is 51.0 Å². The van der Waals surface area contributed by atoms with E-state index in [9.17, 15) is 23.2 Å². The minimum atomic E-state index is -4.70. The quantitative estimate of drug-likeness (QED) is 0.573. The summed E-state index contributed by atoms with van der Waals surface area (Å²) >= 11 is 5.86. The molecule has 1 spiro atoms. The van der Waals surface area contributed by atoms with Gasteiger partial charge in [0.05, 0.1) is 22.7 Å². The van der Waals surface area contributed by atoms with Crippen LogP contribution < -0.4 is 9.80 Å². The second kappa shape index (κ2) is 8.03. The summed E-state index contributed by atoms with van der Waals surface area (Å²) in [4.78, 5) is 17.6. The van der Waals surface area contributed by atoms with E-state index >= 15 is 0 Å². The highest BCUT2D eigenvalue weighted by Crippen LogP contribution is 2.52. The summed E-state index contributed by atoms with van der Waals surface area (Å²) in [5, 5.41) is 9.52. The number of alkyl halides is 3. The summed E-state index contributed by atoms with van der Waals surface area (Å²) in [6.45, 7) is 3.40. The average molecular weight is 473 g/mol. The number of thiocarbonyl (C=S) groups is 1. The van der Waals surface area contributed by atoms with Crippen molar-refractivity contribution in [1.29, 1.82) is 5.26 Å². The standard InChI is InChI=1S/C24H23F3N4OS/c1-15-5-8-18(9-6-15)31-22(33)30(21(29(3)16(2)32)23(31)11-4-12-23)19-10-7-17(14-28)20(13-19)24(25,26)27/h5-10,13,21H,4,11-12H2,1-3H3. The third kappa shape index (κ3) is 3.62. The van der Waals surface area contributed by atoms with Crippen molar-refractivity contribution in [3.8, 4) is 6.07 Å². The number of hydrogen-bond donors (Lipinski definition) is 0. The number of nitrogens with zero attached hydrogens (tertiary/aromatic N) is 4. The van der Waals surface area contributed by atoms with Crippen molar-refractivity contribution in [3.05, 3.63) is 59.2 Å². The second-order valence-corrected chi connectivity index (χ2v) is 8.99. The Morgan fingerprint density at radius 1 is 1.18 bits per heavy atom. The van der Waals surface area contributed by atoms with Gasteiger partial charge >= 0.3 is 6.18 Å². The largest absolute Gasteiger partial charge is 0.417 e. The SMILES string of the molecule is CC(=O)N(C)C1N(c2ccc(C#N)c(C(F)(F)F)c2)C(=S)N(c2ccc(C)cc2)C12CCC2. The number of amides is 1. The number of carbonyl (C=O) groups excluding carboxylic acids is 1. The van der Waals surface area contributed by atoms with Crippen molar-refractivity contribution in [2.24, 2.45) is 0 Å². The molecule has 9 heteroatoms. The molecule has 33 heavy (non-hydrogen) atoms. The number of likely N-dealkylation sites (N-methyl/N-ethyl adjacent to an activating group) is 1. The molecule has 172 valence electrons. The molecule has 1 aliphatic heterocycles. The van der Waals surface area contributed by atoms with E-state index in [2.05, 4.69) is 0 Å². The van der Waals surface area contributed by atoms with Gasteiger partial charge in [0, 0.05) is 25.3 Å². The Balaban J connectivity index is 1.91. The third-order valence-electron chi connectivity index (χ3n) is 6.65. The van der Waals surface area contributed by atoms with Gasteiger partial charge in [-0.3, -0.25) is 9.69 Å². The van der Waals surface area contributed by atoms with E-state index in [1.165, 1.54) is 13.0 Å². The Kier molecular flexibility index (Phi) is 5.61. The molecule has 1 heterocycles. The van der Waals surface area contributed by atoms with E-state index in [4.69, 9.17) is 12.2 Å². The molecule has 0 N–H and O–H groups in total. The molecule has 2 fully saturated rings. The second-order valence-electron chi connectivity index (χ2n) is 8.62. The molecule has 1 atom stereocenters. The highest BCUT2D eigenvalue weighted by molar-refractivity contribution is 7.80. The number of benzene rings is 2. The summed E-state index contributed by atoms with van der Waals surface area (Å²) in [6, 6.07) is 13.0. The van der Waals surface area contributed by atoms with E-state index in [1.54, 1.807) is 22.9 Å². The topological polar surface area (TPSA) is 50.6 Å². The first-order valence-electron chi connectivity index (χ1n) is 10.6. The van der Waals surface area contributed by atoms with Crippen molar-refractivity contribution in [1.82, 2.24) is 4.90 Å². The third-order valence-corrected chi connectivity index (χ3v) is 7.03. The summed E-state index contributed by atoms with van der Waals surface area (Å²) in [6.07, 6.45) is -2.89. The number of nitriles is 1. The van der Waals surface area contributed by atoms with Crippen molar-refractivity contribution >= 4 is 34.6 Å². The van der Waals surface area contributed by atoms with Crippen LogP contribution in [0.2, 0.25) is 0 Å². The lowest BCUT2D eigenvalue weighted by molar-refractivity contribution is -0.137. The van der Waals surface area contributed by atoms with Gasteiger partial charge in [-0.25, -0.2) is 0 Å². The predicted molar refractivity (Wildman–Crippen MR) is 124 cm³/mol. The maximum Gasteiger partial charge on any atom is 0.417 e. The minimum absolute atomic E-state index is 0.199. The lowest BCUT2D eigenvalue weighted by Gasteiger charge is -2.50. The molecule has 2 aromatic rings. The average Bonchev–Trinajstić information content (AvgIpc) is 3.02. The van der Waals surface area contributed by atoms with Crippen LogP contribution in [0.3, 0.4) is 0 Å². The molecule has 1 unspecified atom stereocenters. The molecule has 1 amide bonds. The van der Waals surface area contributed by atoms with Crippen LogP contribution in [-0.2, 0) is 11.0 Å². The highest BCUT2D eigenvalue weighted by atomic mass is 32.1. The maximum absolute atomic E-state index is 13.7. The van der Waals surface area contributed by atoms with Gasteiger partial charge in [0.25, 0.3) is 0 Å². The number of anilines is 2. The van der Waals surface area contributed by atoms with Crippen molar-refractivity contribution in [3.63, 3.8) is 0 Å². The monoisotopic (exact) mass is 472 g/mol. The van der Waals surface area contributed by atoms with Crippen LogP contribution in [-0.4, -0.2) is 34.7 Å². The van der Waals surface area contributed by atoms with Gasteiger partial charge in [0.1, 0.15) is 6.17 Å². The maximum atomic E-state index is 13.7. The van der Waals surface area contributed by atoms with E-state index in [0.29, 0.717) is 5.11 Å². The highest BCUT2D eigenvalue weighted by Gasteiger charge is 2.61. The van der Waals surface area contributed by atoms with Gasteiger partial charge in [-0.2, -0.15) is 18.4 Å². The number of rotatable bonds is 3. The van der Waals surface area contributed by atoms with E-state index in [-0.39, 0.29) is 11.6 Å². The fraction of sp³-hybridized carbons (Fsp3) is 0.375. The number of halogens is 3. The summed E-state index contributed by atoms with van der Waals surface area (Å²) in [5.41, 5.74) is 0.0685. The van der Waals surface area contributed by atoms with Crippen LogP contribution in [0.1, 0.15) is 42.9 Å². The van der Waals surface area contributed by atoms with Crippen molar-refractivity contribution < 1.29 is 18.0 Å². The predicted octanol–water partition coefficient (Wildman–Crippen LogP) is 5.22. The fourth-order valence-electron chi connectivity index (χ4n) is 4.81. The fourth-order valence-corrected chi connectivity index (χ4v) is 5.30. The van der Waals surface area contributed by atoms with Gasteiger partial charge in [0.2, 0.25) is 5.91 Å². The van der Waals surface area contributed by atoms with Gasteiger partial charge in [-0.1, -0.05) is 17.7 Å². The van der Waals surface area contributed by atoms with Crippen molar-refractivity contribution in [2.75, 3.05) is 16.8 Å². The Labute approximate surface area is 196 Å². The molecule has 2 aromatic carbocycles. The van der Waals surface area contributed by atoms with E-state index in [1.807, 2.05) is 36.1 Å².